The van der Waals surface area contributed by atoms with Crippen molar-refractivity contribution >= 4 is 35.0 Å². The highest BCUT2D eigenvalue weighted by Gasteiger charge is 2.35. The molecule has 0 atom stereocenters. The predicted octanol–water partition coefficient (Wildman–Crippen LogP) is 3.17. The summed E-state index contributed by atoms with van der Waals surface area (Å²) >= 11 is 5.79. The molecule has 2 amide bonds. The second kappa shape index (κ2) is 8.43. The van der Waals surface area contributed by atoms with Crippen LogP contribution in [0.5, 0.6) is 0 Å². The van der Waals surface area contributed by atoms with Crippen LogP contribution in [0.4, 0.5) is 0 Å². The molecular formula is C17H17ClN2O5. The topological polar surface area (TPSA) is 89.7 Å². The highest BCUT2D eigenvalue weighted by molar-refractivity contribution is 6.28. The van der Waals surface area contributed by atoms with Gasteiger partial charge in [-0.15, -0.1) is 5.06 Å². The summed E-state index contributed by atoms with van der Waals surface area (Å²) in [6.45, 7) is 3.65. The highest BCUT2D eigenvalue weighted by atomic mass is 35.5. The number of hydroxylamine groups is 2. The molecule has 0 spiro atoms. The van der Waals surface area contributed by atoms with Gasteiger partial charge in [-0.25, -0.2) is 9.78 Å². The number of carbonyl (C=O) groups excluding carboxylic acids is 3. The Labute approximate surface area is 149 Å². The molecule has 25 heavy (non-hydrogen) atoms. The molecule has 0 aliphatic carbocycles. The molecule has 1 aliphatic rings. The van der Waals surface area contributed by atoms with Crippen molar-refractivity contribution in [3.05, 3.63) is 47.2 Å². The number of hydrogen-bond donors (Lipinski definition) is 0. The van der Waals surface area contributed by atoms with E-state index in [0.29, 0.717) is 22.8 Å². The third-order valence-corrected chi connectivity index (χ3v) is 3.58. The summed E-state index contributed by atoms with van der Waals surface area (Å²) in [5.41, 5.74) is 2.07. The Balaban J connectivity index is 2.26. The number of aryl methyl sites for hydroxylation is 1. The molecule has 1 saturated heterocycles. The minimum atomic E-state index is -0.953. The van der Waals surface area contributed by atoms with Crippen LogP contribution in [-0.4, -0.2) is 27.8 Å². The van der Waals surface area contributed by atoms with E-state index in [1.807, 2.05) is 13.0 Å². The summed E-state index contributed by atoms with van der Waals surface area (Å²) in [6.07, 6.45) is 7.47. The van der Waals surface area contributed by atoms with E-state index < -0.39 is 17.8 Å². The number of nitrogens with zero attached hydrogens (tertiary/aromatic N) is 2. The molecule has 0 aromatic carbocycles. The van der Waals surface area contributed by atoms with Gasteiger partial charge in [0.25, 0.3) is 11.8 Å². The Bertz CT molecular complexity index is 760. The molecule has 0 unspecified atom stereocenters. The van der Waals surface area contributed by atoms with E-state index in [1.165, 1.54) is 5.54 Å². The Hall–Kier alpha value is -2.67. The van der Waals surface area contributed by atoms with Crippen LogP contribution >= 0.6 is 11.6 Å². The molecule has 0 radical (unpaired) electrons. The molecule has 1 aromatic rings. The van der Waals surface area contributed by atoms with E-state index in [9.17, 15) is 14.4 Å². The maximum Gasteiger partial charge on any atom is 0.401 e. The van der Waals surface area contributed by atoms with Gasteiger partial charge in [0, 0.05) is 23.9 Å². The number of halogens is 1. The van der Waals surface area contributed by atoms with Crippen molar-refractivity contribution in [3.63, 3.8) is 0 Å². The predicted molar refractivity (Wildman–Crippen MR) is 90.2 cm³/mol. The first-order chi connectivity index (χ1) is 12.0. The number of amides is 2. The zero-order valence-corrected chi connectivity index (χ0v) is 14.6. The lowest BCUT2D eigenvalue weighted by molar-refractivity contribution is -0.173. The normalized spacial score (nSPS) is 15.8. The quantitative estimate of drug-likeness (QED) is 0.569. The number of imide groups is 1. The third-order valence-electron chi connectivity index (χ3n) is 3.34. The second-order valence-electron chi connectivity index (χ2n) is 5.06. The summed E-state index contributed by atoms with van der Waals surface area (Å²) in [4.78, 5) is 44.5. The summed E-state index contributed by atoms with van der Waals surface area (Å²) < 4.78 is 5.47. The minimum absolute atomic E-state index is 0.0171. The minimum Gasteiger partial charge on any atom is -0.429 e. The molecule has 1 aromatic heterocycles. The van der Waals surface area contributed by atoms with Gasteiger partial charge in [0.05, 0.1) is 5.69 Å². The molecule has 1 aliphatic heterocycles. The van der Waals surface area contributed by atoms with Crippen molar-refractivity contribution in [2.24, 2.45) is 0 Å². The molecule has 0 saturated carbocycles. The zero-order chi connectivity index (χ0) is 18.4. The average Bonchev–Trinajstić information content (AvgIpc) is 3.17. The van der Waals surface area contributed by atoms with E-state index in [2.05, 4.69) is 4.98 Å². The Kier molecular flexibility index (Phi) is 6.30. The van der Waals surface area contributed by atoms with Gasteiger partial charge in [0.2, 0.25) is 11.7 Å². The SMILES string of the molecule is C\C=C/C=C\C(=C\Cl)c1nc(CC)c(C(=O)ON2C(=O)CCC2=O)o1. The van der Waals surface area contributed by atoms with Crippen molar-refractivity contribution < 1.29 is 23.6 Å². The van der Waals surface area contributed by atoms with Gasteiger partial charge in [-0.3, -0.25) is 9.59 Å². The first-order valence-corrected chi connectivity index (χ1v) is 8.13. The number of allylic oxidation sites excluding steroid dienone is 5. The first kappa shape index (κ1) is 18.7. The van der Waals surface area contributed by atoms with Crippen molar-refractivity contribution in [1.82, 2.24) is 10.0 Å². The molecule has 132 valence electrons. The van der Waals surface area contributed by atoms with Crippen molar-refractivity contribution in [3.8, 4) is 0 Å². The monoisotopic (exact) mass is 364 g/mol. The average molecular weight is 365 g/mol. The van der Waals surface area contributed by atoms with Crippen LogP contribution in [-0.2, 0) is 20.8 Å². The van der Waals surface area contributed by atoms with E-state index in [1.54, 1.807) is 25.2 Å². The van der Waals surface area contributed by atoms with Crippen LogP contribution in [0.15, 0.2) is 34.3 Å². The molecule has 0 bridgehead atoms. The molecule has 8 heteroatoms. The van der Waals surface area contributed by atoms with Gasteiger partial charge in [-0.05, 0) is 19.4 Å². The van der Waals surface area contributed by atoms with Crippen molar-refractivity contribution in [2.75, 3.05) is 0 Å². The van der Waals surface area contributed by atoms with Gasteiger partial charge in [-0.1, -0.05) is 36.8 Å². The third kappa shape index (κ3) is 4.24. The number of carbonyl (C=O) groups is 3. The highest BCUT2D eigenvalue weighted by Crippen LogP contribution is 2.23. The lowest BCUT2D eigenvalue weighted by Crippen LogP contribution is -2.32. The Morgan fingerprint density at radius 1 is 1.32 bits per heavy atom. The Morgan fingerprint density at radius 2 is 2.00 bits per heavy atom. The van der Waals surface area contributed by atoms with Crippen molar-refractivity contribution in [2.45, 2.75) is 33.1 Å². The lowest BCUT2D eigenvalue weighted by Gasteiger charge is -2.11. The van der Waals surface area contributed by atoms with E-state index in [-0.39, 0.29) is 24.5 Å². The summed E-state index contributed by atoms with van der Waals surface area (Å²) in [6, 6.07) is 0. The fraction of sp³-hybridized carbons (Fsp3) is 0.294. The van der Waals surface area contributed by atoms with Crippen LogP contribution in [0, 0.1) is 0 Å². The first-order valence-electron chi connectivity index (χ1n) is 7.69. The zero-order valence-electron chi connectivity index (χ0n) is 13.8. The Morgan fingerprint density at radius 3 is 2.56 bits per heavy atom. The molecule has 2 rings (SSSR count). The van der Waals surface area contributed by atoms with Crippen LogP contribution in [0.25, 0.3) is 5.57 Å². The molecule has 1 fully saturated rings. The standard InChI is InChI=1S/C17H17ClN2O5/c1-3-5-6-7-11(10-18)16-19-12(4-2)15(24-16)17(23)25-20-13(21)8-9-14(20)22/h3,5-7,10H,4,8-9H2,1-2H3/b5-3-,7-6-,11-10-. The fourth-order valence-electron chi connectivity index (χ4n) is 2.08. The van der Waals surface area contributed by atoms with Gasteiger partial charge in [0.15, 0.2) is 0 Å². The summed E-state index contributed by atoms with van der Waals surface area (Å²) in [7, 11) is 0. The van der Waals surface area contributed by atoms with Crippen LogP contribution in [0.1, 0.15) is 48.8 Å². The molecule has 2 heterocycles. The van der Waals surface area contributed by atoms with E-state index in [0.717, 1.165) is 0 Å². The van der Waals surface area contributed by atoms with Gasteiger partial charge in [-0.2, -0.15) is 0 Å². The van der Waals surface area contributed by atoms with Crippen LogP contribution in [0.2, 0.25) is 0 Å². The lowest BCUT2D eigenvalue weighted by atomic mass is 10.2. The van der Waals surface area contributed by atoms with Gasteiger partial charge in [0.1, 0.15) is 0 Å². The maximum absolute atomic E-state index is 12.3. The molecule has 0 N–H and O–H groups in total. The number of aromatic nitrogens is 1. The van der Waals surface area contributed by atoms with E-state index >= 15 is 0 Å². The van der Waals surface area contributed by atoms with Crippen LogP contribution < -0.4 is 0 Å². The van der Waals surface area contributed by atoms with E-state index in [4.69, 9.17) is 20.9 Å². The van der Waals surface area contributed by atoms with Crippen LogP contribution in [0.3, 0.4) is 0 Å². The summed E-state index contributed by atoms with van der Waals surface area (Å²) in [5, 5.41) is 0.466. The number of hydrogen-bond acceptors (Lipinski definition) is 6. The molecular weight excluding hydrogens is 348 g/mol. The number of oxazole rings is 1. The summed E-state index contributed by atoms with van der Waals surface area (Å²) in [5.74, 6) is -2.11. The smallest absolute Gasteiger partial charge is 0.401 e. The molecule has 7 nitrogen and oxygen atoms in total. The fourth-order valence-corrected chi connectivity index (χ4v) is 2.25. The maximum atomic E-state index is 12.3. The van der Waals surface area contributed by atoms with Gasteiger partial charge < -0.3 is 9.25 Å². The number of rotatable bonds is 6. The van der Waals surface area contributed by atoms with Crippen molar-refractivity contribution in [1.29, 1.82) is 0 Å². The second-order valence-corrected chi connectivity index (χ2v) is 5.28. The van der Waals surface area contributed by atoms with Gasteiger partial charge >= 0.3 is 5.97 Å². The largest absolute Gasteiger partial charge is 0.429 e.